The highest BCUT2D eigenvalue weighted by Gasteiger charge is 2.36. The zero-order chi connectivity index (χ0) is 11.6. The Kier molecular flexibility index (Phi) is 3.60. The van der Waals surface area contributed by atoms with Gasteiger partial charge in [-0.1, -0.05) is 0 Å². The lowest BCUT2D eigenvalue weighted by Gasteiger charge is -2.30. The molecule has 4 heteroatoms. The number of rotatable bonds is 1. The largest absolute Gasteiger partial charge is 0.444 e. The highest BCUT2D eigenvalue weighted by Crippen LogP contribution is 2.26. The minimum absolute atomic E-state index is 0.130. The third kappa shape index (κ3) is 3.09. The molecule has 1 saturated heterocycles. The van der Waals surface area contributed by atoms with Crippen molar-refractivity contribution in [3.8, 4) is 0 Å². The van der Waals surface area contributed by atoms with Crippen LogP contribution in [0.25, 0.3) is 0 Å². The van der Waals surface area contributed by atoms with Gasteiger partial charge in [0.1, 0.15) is 11.8 Å². The van der Waals surface area contributed by atoms with E-state index in [1.54, 1.807) is 12.0 Å². The summed E-state index contributed by atoms with van der Waals surface area (Å²) in [5.41, 5.74) is -0.447. The lowest BCUT2D eigenvalue weighted by atomic mass is 10.2. The second kappa shape index (κ2) is 4.39. The molecule has 0 aliphatic carbocycles. The lowest BCUT2D eigenvalue weighted by Crippen LogP contribution is -2.43. The maximum Gasteiger partial charge on any atom is 0.412 e. The van der Waals surface area contributed by atoms with Gasteiger partial charge in [-0.3, -0.25) is 4.90 Å². The van der Waals surface area contributed by atoms with Gasteiger partial charge in [0, 0.05) is 13.2 Å². The minimum atomic E-state index is -0.447. The predicted molar refractivity (Wildman–Crippen MR) is 57.6 cm³/mol. The van der Waals surface area contributed by atoms with E-state index in [-0.39, 0.29) is 18.4 Å². The Morgan fingerprint density at radius 1 is 1.33 bits per heavy atom. The van der Waals surface area contributed by atoms with Gasteiger partial charge in [-0.2, -0.15) is 0 Å². The second-order valence-electron chi connectivity index (χ2n) is 5.00. The molecule has 0 radical (unpaired) electrons. The van der Waals surface area contributed by atoms with E-state index in [1.165, 1.54) is 0 Å². The van der Waals surface area contributed by atoms with E-state index in [0.717, 1.165) is 12.8 Å². The fraction of sp³-hybridized carbons (Fsp3) is 0.909. The Bertz CT molecular complexity index is 234. The van der Waals surface area contributed by atoms with Crippen molar-refractivity contribution < 1.29 is 14.3 Å². The van der Waals surface area contributed by atoms with Gasteiger partial charge >= 0.3 is 6.09 Å². The smallest absolute Gasteiger partial charge is 0.412 e. The lowest BCUT2D eigenvalue weighted by molar-refractivity contribution is -0.0397. The summed E-state index contributed by atoms with van der Waals surface area (Å²) in [6.07, 6.45) is 1.45. The van der Waals surface area contributed by atoms with Gasteiger partial charge in [-0.05, 0) is 40.5 Å². The summed E-state index contributed by atoms with van der Waals surface area (Å²) in [6.45, 7) is 7.62. The Morgan fingerprint density at radius 2 is 1.93 bits per heavy atom. The van der Waals surface area contributed by atoms with Crippen LogP contribution in [0, 0.1) is 0 Å². The molecule has 4 nitrogen and oxygen atoms in total. The van der Waals surface area contributed by atoms with Gasteiger partial charge in [0.2, 0.25) is 0 Å². The highest BCUT2D eigenvalue weighted by molar-refractivity contribution is 5.69. The molecule has 0 aromatic carbocycles. The van der Waals surface area contributed by atoms with Crippen molar-refractivity contribution in [2.75, 3.05) is 7.11 Å². The van der Waals surface area contributed by atoms with E-state index < -0.39 is 5.60 Å². The fourth-order valence-electron chi connectivity index (χ4n) is 1.79. The molecule has 1 aliphatic rings. The van der Waals surface area contributed by atoms with E-state index in [0.29, 0.717) is 0 Å². The summed E-state index contributed by atoms with van der Waals surface area (Å²) in [7, 11) is 1.63. The molecule has 1 unspecified atom stereocenters. The van der Waals surface area contributed by atoms with E-state index in [9.17, 15) is 4.79 Å². The van der Waals surface area contributed by atoms with Crippen molar-refractivity contribution >= 4 is 6.09 Å². The summed E-state index contributed by atoms with van der Waals surface area (Å²) in [5, 5.41) is 0. The number of ether oxygens (including phenoxy) is 2. The van der Waals surface area contributed by atoms with Gasteiger partial charge in [0.25, 0.3) is 0 Å². The van der Waals surface area contributed by atoms with Crippen molar-refractivity contribution in [3.05, 3.63) is 0 Å². The van der Waals surface area contributed by atoms with Crippen LogP contribution in [0.2, 0.25) is 0 Å². The van der Waals surface area contributed by atoms with Crippen LogP contribution in [0.4, 0.5) is 4.79 Å². The molecule has 1 fully saturated rings. The Labute approximate surface area is 91.5 Å². The van der Waals surface area contributed by atoms with Crippen LogP contribution >= 0.6 is 0 Å². The number of hydrogen-bond donors (Lipinski definition) is 0. The summed E-state index contributed by atoms with van der Waals surface area (Å²) in [6, 6.07) is 0.199. The molecule has 1 heterocycles. The number of likely N-dealkylation sites (tertiary alicyclic amines) is 1. The van der Waals surface area contributed by atoms with Crippen molar-refractivity contribution in [1.29, 1.82) is 0 Å². The van der Waals surface area contributed by atoms with Crippen LogP contribution in [0.15, 0.2) is 0 Å². The van der Waals surface area contributed by atoms with Crippen molar-refractivity contribution in [2.45, 2.75) is 58.4 Å². The maximum absolute atomic E-state index is 11.9. The third-order valence-electron chi connectivity index (χ3n) is 2.49. The summed E-state index contributed by atoms with van der Waals surface area (Å²) >= 11 is 0. The molecule has 2 atom stereocenters. The molecular weight excluding hydrogens is 194 g/mol. The minimum Gasteiger partial charge on any atom is -0.444 e. The summed E-state index contributed by atoms with van der Waals surface area (Å²) < 4.78 is 10.6. The molecule has 0 N–H and O–H groups in total. The normalized spacial score (nSPS) is 26.9. The fourth-order valence-corrected chi connectivity index (χ4v) is 1.79. The molecule has 88 valence electrons. The monoisotopic (exact) mass is 215 g/mol. The number of hydrogen-bond acceptors (Lipinski definition) is 3. The Balaban J connectivity index is 2.64. The summed E-state index contributed by atoms with van der Waals surface area (Å²) in [5.74, 6) is 0. The van der Waals surface area contributed by atoms with Gasteiger partial charge in [-0.25, -0.2) is 4.79 Å². The van der Waals surface area contributed by atoms with Crippen LogP contribution in [0.3, 0.4) is 0 Å². The average Bonchev–Trinajstić information content (AvgIpc) is 2.43. The van der Waals surface area contributed by atoms with Crippen LogP contribution in [0.1, 0.15) is 40.5 Å². The summed E-state index contributed by atoms with van der Waals surface area (Å²) in [4.78, 5) is 13.6. The maximum atomic E-state index is 11.9. The highest BCUT2D eigenvalue weighted by atomic mass is 16.6. The standard InChI is InChI=1S/C11H21NO3/c1-8-6-7-9(14-5)12(8)10(13)15-11(2,3)4/h8-9H,6-7H2,1-5H3/t8-,9?/m1/s1. The molecule has 1 rings (SSSR count). The number of carbonyl (C=O) groups excluding carboxylic acids is 1. The average molecular weight is 215 g/mol. The van der Waals surface area contributed by atoms with Gasteiger partial charge in [0.05, 0.1) is 0 Å². The molecule has 0 saturated carbocycles. The molecule has 1 aliphatic heterocycles. The van der Waals surface area contributed by atoms with Crippen LogP contribution in [-0.2, 0) is 9.47 Å². The van der Waals surface area contributed by atoms with E-state index >= 15 is 0 Å². The number of nitrogens with zero attached hydrogens (tertiary/aromatic N) is 1. The molecule has 0 bridgehead atoms. The van der Waals surface area contributed by atoms with E-state index in [1.807, 2.05) is 27.7 Å². The number of carbonyl (C=O) groups is 1. The predicted octanol–water partition coefficient (Wildman–Crippen LogP) is 2.38. The van der Waals surface area contributed by atoms with Gasteiger partial charge in [-0.15, -0.1) is 0 Å². The molecule has 1 amide bonds. The number of amides is 1. The Hall–Kier alpha value is -0.770. The van der Waals surface area contributed by atoms with E-state index in [4.69, 9.17) is 9.47 Å². The molecule has 0 aromatic rings. The zero-order valence-electron chi connectivity index (χ0n) is 10.2. The number of methoxy groups -OCH3 is 1. The first-order valence-corrected chi connectivity index (χ1v) is 5.39. The van der Waals surface area contributed by atoms with Crippen molar-refractivity contribution in [2.24, 2.45) is 0 Å². The van der Waals surface area contributed by atoms with Gasteiger partial charge in [0.15, 0.2) is 0 Å². The first kappa shape index (κ1) is 12.3. The van der Waals surface area contributed by atoms with Crippen LogP contribution < -0.4 is 0 Å². The first-order valence-electron chi connectivity index (χ1n) is 5.39. The zero-order valence-corrected chi connectivity index (χ0v) is 10.2. The molecule has 0 aromatic heterocycles. The van der Waals surface area contributed by atoms with Crippen LogP contribution in [0.5, 0.6) is 0 Å². The third-order valence-corrected chi connectivity index (χ3v) is 2.49. The second-order valence-corrected chi connectivity index (χ2v) is 5.00. The SMILES string of the molecule is COC1CC[C@@H](C)N1C(=O)OC(C)(C)C. The van der Waals surface area contributed by atoms with Crippen LogP contribution in [-0.4, -0.2) is 36.0 Å². The first-order chi connectivity index (χ1) is 6.85. The Morgan fingerprint density at radius 3 is 2.40 bits per heavy atom. The van der Waals surface area contributed by atoms with E-state index in [2.05, 4.69) is 0 Å². The quantitative estimate of drug-likeness (QED) is 0.674. The topological polar surface area (TPSA) is 38.8 Å². The van der Waals surface area contributed by atoms with Gasteiger partial charge < -0.3 is 9.47 Å². The van der Waals surface area contributed by atoms with Crippen molar-refractivity contribution in [3.63, 3.8) is 0 Å². The molecule has 15 heavy (non-hydrogen) atoms. The van der Waals surface area contributed by atoms with Crippen molar-refractivity contribution in [1.82, 2.24) is 4.90 Å². The molecular formula is C11H21NO3. The molecule has 0 spiro atoms.